The fourth-order valence-corrected chi connectivity index (χ4v) is 5.36. The van der Waals surface area contributed by atoms with Gasteiger partial charge in [0.15, 0.2) is 17.3 Å². The van der Waals surface area contributed by atoms with Gasteiger partial charge in [0, 0.05) is 38.2 Å². The van der Waals surface area contributed by atoms with Crippen molar-refractivity contribution in [1.29, 1.82) is 0 Å². The zero-order valence-electron chi connectivity index (χ0n) is 20.3. The number of likely N-dealkylation sites (tertiary alicyclic amines) is 1. The lowest BCUT2D eigenvalue weighted by molar-refractivity contribution is -0.0276. The molecular formula is C28H32N2O6. The molecule has 2 fully saturated rings. The molecule has 0 aliphatic carbocycles. The lowest BCUT2D eigenvalue weighted by atomic mass is 9.84. The summed E-state index contributed by atoms with van der Waals surface area (Å²) < 4.78 is 22.7. The summed E-state index contributed by atoms with van der Waals surface area (Å²) in [5.41, 5.74) is 1.77. The van der Waals surface area contributed by atoms with Crippen LogP contribution in [0.3, 0.4) is 0 Å². The number of furan rings is 1. The number of hydrogen-bond acceptors (Lipinski definition) is 7. The molecule has 0 radical (unpaired) electrons. The van der Waals surface area contributed by atoms with Gasteiger partial charge in [0.25, 0.3) is 5.91 Å². The minimum Gasteiger partial charge on any atom is -0.486 e. The van der Waals surface area contributed by atoms with Gasteiger partial charge in [-0.05, 0) is 67.1 Å². The Morgan fingerprint density at radius 2 is 1.86 bits per heavy atom. The van der Waals surface area contributed by atoms with Crippen molar-refractivity contribution in [3.05, 3.63) is 59.4 Å². The molecule has 2 saturated heterocycles. The molecule has 1 aromatic heterocycles. The lowest BCUT2D eigenvalue weighted by Gasteiger charge is -2.38. The van der Waals surface area contributed by atoms with Crippen molar-refractivity contribution >= 4 is 16.9 Å². The van der Waals surface area contributed by atoms with Gasteiger partial charge in [-0.1, -0.05) is 12.1 Å². The first-order valence-corrected chi connectivity index (χ1v) is 12.8. The van der Waals surface area contributed by atoms with Crippen molar-refractivity contribution in [3.8, 4) is 11.5 Å². The molecule has 0 bridgehead atoms. The quantitative estimate of drug-likeness (QED) is 0.543. The van der Waals surface area contributed by atoms with Crippen LogP contribution in [0.2, 0.25) is 0 Å². The van der Waals surface area contributed by atoms with E-state index >= 15 is 0 Å². The average molecular weight is 493 g/mol. The third-order valence-electron chi connectivity index (χ3n) is 7.49. The second-order valence-corrected chi connectivity index (χ2v) is 9.99. The van der Waals surface area contributed by atoms with Crippen LogP contribution in [-0.4, -0.2) is 61.5 Å². The van der Waals surface area contributed by atoms with Gasteiger partial charge < -0.3 is 29.1 Å². The molecule has 6 rings (SSSR count). The molecule has 0 saturated carbocycles. The molecule has 4 heterocycles. The molecule has 2 aromatic carbocycles. The number of carbonyl (C=O) groups is 1. The molecular weight excluding hydrogens is 460 g/mol. The van der Waals surface area contributed by atoms with Crippen LogP contribution in [0.4, 0.5) is 0 Å². The molecule has 1 atom stereocenters. The Morgan fingerprint density at radius 3 is 2.67 bits per heavy atom. The van der Waals surface area contributed by atoms with Crippen LogP contribution in [0.15, 0.2) is 46.9 Å². The first-order chi connectivity index (χ1) is 17.6. The van der Waals surface area contributed by atoms with Gasteiger partial charge in [-0.15, -0.1) is 0 Å². The van der Waals surface area contributed by atoms with E-state index in [2.05, 4.69) is 22.3 Å². The number of nitrogens with zero attached hydrogens (tertiary/aromatic N) is 1. The molecule has 8 nitrogen and oxygen atoms in total. The Kier molecular flexibility index (Phi) is 6.33. The van der Waals surface area contributed by atoms with E-state index in [0.29, 0.717) is 38.2 Å². The highest BCUT2D eigenvalue weighted by Gasteiger charge is 2.34. The molecule has 3 aliphatic rings. The summed E-state index contributed by atoms with van der Waals surface area (Å²) >= 11 is 0. The van der Waals surface area contributed by atoms with Crippen LogP contribution in [0.25, 0.3) is 11.0 Å². The van der Waals surface area contributed by atoms with Crippen molar-refractivity contribution in [2.24, 2.45) is 0 Å². The number of ether oxygens (including phenoxy) is 3. The Bertz CT molecular complexity index is 1240. The summed E-state index contributed by atoms with van der Waals surface area (Å²) in [6.45, 7) is 4.78. The second-order valence-electron chi connectivity index (χ2n) is 9.99. The third-order valence-corrected chi connectivity index (χ3v) is 7.49. The van der Waals surface area contributed by atoms with E-state index in [9.17, 15) is 9.90 Å². The Morgan fingerprint density at radius 1 is 1.03 bits per heavy atom. The van der Waals surface area contributed by atoms with Crippen LogP contribution in [-0.2, 0) is 16.9 Å². The summed E-state index contributed by atoms with van der Waals surface area (Å²) in [7, 11) is 0. The number of nitrogens with one attached hydrogen (secondary N) is 1. The van der Waals surface area contributed by atoms with E-state index in [1.807, 2.05) is 24.3 Å². The van der Waals surface area contributed by atoms with Gasteiger partial charge in [0.1, 0.15) is 18.8 Å². The smallest absolute Gasteiger partial charge is 0.287 e. The maximum Gasteiger partial charge on any atom is 0.287 e. The summed E-state index contributed by atoms with van der Waals surface area (Å²) in [5.74, 6) is 1.65. The van der Waals surface area contributed by atoms with E-state index in [-0.39, 0.29) is 17.8 Å². The largest absolute Gasteiger partial charge is 0.486 e. The average Bonchev–Trinajstić information content (AvgIpc) is 3.58. The number of carbonyl (C=O) groups excluding carboxylic acids is 1. The molecule has 3 aromatic rings. The zero-order valence-corrected chi connectivity index (χ0v) is 20.3. The van der Waals surface area contributed by atoms with Crippen LogP contribution >= 0.6 is 0 Å². The number of hydrogen-bond donors (Lipinski definition) is 2. The predicted octanol–water partition coefficient (Wildman–Crippen LogP) is 3.60. The molecule has 3 aliphatic heterocycles. The number of piperidine rings is 1. The summed E-state index contributed by atoms with van der Waals surface area (Å²) in [4.78, 5) is 14.9. The monoisotopic (exact) mass is 492 g/mol. The van der Waals surface area contributed by atoms with Crippen molar-refractivity contribution in [2.75, 3.05) is 39.5 Å². The van der Waals surface area contributed by atoms with E-state index in [1.165, 1.54) is 5.56 Å². The lowest BCUT2D eigenvalue weighted by Crippen LogP contribution is -2.42. The van der Waals surface area contributed by atoms with Crippen LogP contribution in [0, 0.1) is 0 Å². The first-order valence-electron chi connectivity index (χ1n) is 12.8. The van der Waals surface area contributed by atoms with Crippen molar-refractivity contribution in [3.63, 3.8) is 0 Å². The van der Waals surface area contributed by atoms with Gasteiger partial charge in [0.2, 0.25) is 0 Å². The summed E-state index contributed by atoms with van der Waals surface area (Å²) in [6.07, 6.45) is 3.36. The highest BCUT2D eigenvalue weighted by Crippen LogP contribution is 2.36. The first kappa shape index (κ1) is 23.3. The molecule has 1 amide bonds. The molecule has 190 valence electrons. The molecule has 2 N–H and O–H groups in total. The van der Waals surface area contributed by atoms with Gasteiger partial charge in [-0.25, -0.2) is 0 Å². The van der Waals surface area contributed by atoms with Gasteiger partial charge in [-0.2, -0.15) is 0 Å². The Labute approximate surface area is 210 Å². The number of rotatable bonds is 6. The van der Waals surface area contributed by atoms with E-state index in [4.69, 9.17) is 18.6 Å². The van der Waals surface area contributed by atoms with Crippen LogP contribution < -0.4 is 14.8 Å². The summed E-state index contributed by atoms with van der Waals surface area (Å²) in [6, 6.07) is 13.6. The molecule has 36 heavy (non-hydrogen) atoms. The summed E-state index contributed by atoms with van der Waals surface area (Å²) in [5, 5.41) is 15.2. The molecule has 0 unspecified atom stereocenters. The topological polar surface area (TPSA) is 93.4 Å². The highest BCUT2D eigenvalue weighted by molar-refractivity contribution is 5.96. The SMILES string of the molecule is O=C(NC[C@H]1CCCO1)c1cc2cc(C3(O)CCN(Cc4ccc5c(c4)OCCO5)CC3)ccc2o1. The minimum absolute atomic E-state index is 0.0830. The highest BCUT2D eigenvalue weighted by atomic mass is 16.6. The van der Waals surface area contributed by atoms with Crippen LogP contribution in [0.1, 0.15) is 47.4 Å². The maximum atomic E-state index is 12.6. The van der Waals surface area contributed by atoms with Crippen molar-refractivity contribution < 1.29 is 28.5 Å². The standard InChI is InChI=1S/C28H32N2O6/c31-27(29-17-22-2-1-11-33-22)26-16-20-15-21(4-6-23(20)36-26)28(32)7-9-30(10-8-28)18-19-3-5-24-25(14-19)35-13-12-34-24/h3-6,14-16,22,32H,1-2,7-13,17-18H2,(H,29,31)/t22-/m1/s1. The van der Waals surface area contributed by atoms with Crippen molar-refractivity contribution in [1.82, 2.24) is 10.2 Å². The van der Waals surface area contributed by atoms with E-state index in [1.54, 1.807) is 6.07 Å². The number of benzene rings is 2. The van der Waals surface area contributed by atoms with Crippen molar-refractivity contribution in [2.45, 2.75) is 43.9 Å². The molecule has 0 spiro atoms. The third kappa shape index (κ3) is 4.81. The number of amides is 1. The molecule has 8 heteroatoms. The normalized spacial score (nSPS) is 21.5. The minimum atomic E-state index is -0.906. The van der Waals surface area contributed by atoms with E-state index < -0.39 is 5.60 Å². The number of fused-ring (bicyclic) bond motifs is 2. The predicted molar refractivity (Wildman–Crippen MR) is 133 cm³/mol. The Balaban J connectivity index is 1.09. The number of aliphatic hydroxyl groups is 1. The van der Waals surface area contributed by atoms with Crippen LogP contribution in [0.5, 0.6) is 11.5 Å². The van der Waals surface area contributed by atoms with Gasteiger partial charge >= 0.3 is 0 Å². The Hall–Kier alpha value is -3.07. The second kappa shape index (κ2) is 9.76. The fraction of sp³-hybridized carbons (Fsp3) is 0.464. The van der Waals surface area contributed by atoms with E-state index in [0.717, 1.165) is 61.5 Å². The fourth-order valence-electron chi connectivity index (χ4n) is 5.36. The van der Waals surface area contributed by atoms with Gasteiger partial charge in [0.05, 0.1) is 11.7 Å². The zero-order chi connectivity index (χ0) is 24.5. The maximum absolute atomic E-state index is 12.6. The van der Waals surface area contributed by atoms with Gasteiger partial charge in [-0.3, -0.25) is 9.69 Å².